The van der Waals surface area contributed by atoms with E-state index in [-0.39, 0.29) is 12.3 Å². The number of hydrogen-bond acceptors (Lipinski definition) is 4. The number of amides is 1. The fourth-order valence-corrected chi connectivity index (χ4v) is 4.50. The SMILES string of the molecule is Cc1nn(-c2ccc(Cl)cc2)c(C)c1CC(=O)N1CCCN(S(C)(=O)=O)CC1. The number of benzene rings is 1. The molecule has 1 aliphatic heterocycles. The first kappa shape index (κ1) is 20.8. The molecule has 0 N–H and O–H groups in total. The fraction of sp³-hybridized carbons (Fsp3) is 0.474. The highest BCUT2D eigenvalue weighted by Gasteiger charge is 2.25. The van der Waals surface area contributed by atoms with E-state index in [0.717, 1.165) is 22.6 Å². The highest BCUT2D eigenvalue weighted by molar-refractivity contribution is 7.88. The van der Waals surface area contributed by atoms with Crippen LogP contribution >= 0.6 is 11.6 Å². The van der Waals surface area contributed by atoms with E-state index in [0.29, 0.717) is 37.6 Å². The van der Waals surface area contributed by atoms with Gasteiger partial charge in [-0.2, -0.15) is 5.10 Å². The molecule has 28 heavy (non-hydrogen) atoms. The molecular formula is C19H25ClN4O3S. The van der Waals surface area contributed by atoms with Crippen LogP contribution in [0.4, 0.5) is 0 Å². The zero-order chi connectivity index (χ0) is 20.5. The highest BCUT2D eigenvalue weighted by Crippen LogP contribution is 2.21. The fourth-order valence-electron chi connectivity index (χ4n) is 3.50. The first-order valence-corrected chi connectivity index (χ1v) is 11.4. The Morgan fingerprint density at radius 3 is 2.43 bits per heavy atom. The second-order valence-corrected chi connectivity index (χ2v) is 9.53. The Morgan fingerprint density at radius 1 is 1.11 bits per heavy atom. The molecule has 2 aromatic rings. The summed E-state index contributed by atoms with van der Waals surface area (Å²) >= 11 is 5.96. The first-order chi connectivity index (χ1) is 13.2. The van der Waals surface area contributed by atoms with Crippen molar-refractivity contribution in [3.05, 3.63) is 46.2 Å². The van der Waals surface area contributed by atoms with Crippen molar-refractivity contribution < 1.29 is 13.2 Å². The van der Waals surface area contributed by atoms with Crippen LogP contribution in [0.25, 0.3) is 5.69 Å². The van der Waals surface area contributed by atoms with Gasteiger partial charge >= 0.3 is 0 Å². The molecular weight excluding hydrogens is 400 g/mol. The van der Waals surface area contributed by atoms with E-state index >= 15 is 0 Å². The predicted molar refractivity (Wildman–Crippen MR) is 109 cm³/mol. The smallest absolute Gasteiger partial charge is 0.227 e. The minimum Gasteiger partial charge on any atom is -0.341 e. The lowest BCUT2D eigenvalue weighted by Crippen LogP contribution is -2.37. The van der Waals surface area contributed by atoms with Crippen LogP contribution in [0.3, 0.4) is 0 Å². The van der Waals surface area contributed by atoms with Crippen LogP contribution < -0.4 is 0 Å². The summed E-state index contributed by atoms with van der Waals surface area (Å²) in [6.45, 7) is 5.62. The van der Waals surface area contributed by atoms with Gasteiger partial charge in [-0.1, -0.05) is 11.6 Å². The van der Waals surface area contributed by atoms with Crippen molar-refractivity contribution in [3.63, 3.8) is 0 Å². The van der Waals surface area contributed by atoms with Crippen molar-refractivity contribution in [3.8, 4) is 5.69 Å². The molecule has 0 saturated carbocycles. The Bertz CT molecular complexity index is 970. The zero-order valence-electron chi connectivity index (χ0n) is 16.4. The summed E-state index contributed by atoms with van der Waals surface area (Å²) < 4.78 is 26.8. The molecule has 1 aromatic carbocycles. The number of hydrogen-bond donors (Lipinski definition) is 0. The van der Waals surface area contributed by atoms with E-state index in [1.54, 1.807) is 4.90 Å². The van der Waals surface area contributed by atoms with E-state index in [4.69, 9.17) is 11.6 Å². The Balaban J connectivity index is 1.75. The van der Waals surface area contributed by atoms with Gasteiger partial charge in [0.25, 0.3) is 0 Å². The molecule has 0 aliphatic carbocycles. The van der Waals surface area contributed by atoms with Crippen molar-refractivity contribution in [1.29, 1.82) is 0 Å². The molecule has 7 nitrogen and oxygen atoms in total. The molecule has 1 fully saturated rings. The number of aryl methyl sites for hydroxylation is 1. The van der Waals surface area contributed by atoms with Gasteiger partial charge in [-0.15, -0.1) is 0 Å². The molecule has 2 heterocycles. The number of carbonyl (C=O) groups is 1. The monoisotopic (exact) mass is 424 g/mol. The lowest BCUT2D eigenvalue weighted by molar-refractivity contribution is -0.130. The van der Waals surface area contributed by atoms with Crippen LogP contribution in [0.1, 0.15) is 23.4 Å². The lowest BCUT2D eigenvalue weighted by atomic mass is 10.1. The van der Waals surface area contributed by atoms with E-state index in [1.165, 1.54) is 10.6 Å². The Labute approximate surface area is 170 Å². The van der Waals surface area contributed by atoms with Gasteiger partial charge in [-0.05, 0) is 44.5 Å². The average molecular weight is 425 g/mol. The van der Waals surface area contributed by atoms with Crippen LogP contribution in [0.2, 0.25) is 5.02 Å². The first-order valence-electron chi connectivity index (χ1n) is 9.21. The largest absolute Gasteiger partial charge is 0.341 e. The maximum atomic E-state index is 12.9. The molecule has 1 aromatic heterocycles. The van der Waals surface area contributed by atoms with Crippen LogP contribution in [-0.4, -0.2) is 65.7 Å². The standard InChI is InChI=1S/C19H25ClN4O3S/c1-14-18(15(2)24(21-14)17-7-5-16(20)6-8-17)13-19(25)22-9-4-10-23(12-11-22)28(3,26)27/h5-8H,4,9-13H2,1-3H3. The van der Waals surface area contributed by atoms with Gasteiger partial charge in [-0.3, -0.25) is 4.79 Å². The Morgan fingerprint density at radius 2 is 1.79 bits per heavy atom. The minimum atomic E-state index is -3.23. The van der Waals surface area contributed by atoms with Gasteiger partial charge in [-0.25, -0.2) is 17.4 Å². The molecule has 0 radical (unpaired) electrons. The number of halogens is 1. The molecule has 152 valence electrons. The van der Waals surface area contributed by atoms with Crippen LogP contribution in [0, 0.1) is 13.8 Å². The summed E-state index contributed by atoms with van der Waals surface area (Å²) in [7, 11) is -3.23. The Hall–Kier alpha value is -1.90. The highest BCUT2D eigenvalue weighted by atomic mass is 35.5. The molecule has 0 unspecified atom stereocenters. The van der Waals surface area contributed by atoms with Gasteiger partial charge < -0.3 is 4.90 Å². The maximum absolute atomic E-state index is 12.9. The summed E-state index contributed by atoms with van der Waals surface area (Å²) in [6, 6.07) is 7.40. The maximum Gasteiger partial charge on any atom is 0.227 e. The van der Waals surface area contributed by atoms with E-state index in [2.05, 4.69) is 5.10 Å². The van der Waals surface area contributed by atoms with Crippen molar-refractivity contribution in [2.75, 3.05) is 32.4 Å². The topological polar surface area (TPSA) is 75.5 Å². The zero-order valence-corrected chi connectivity index (χ0v) is 17.9. The van der Waals surface area contributed by atoms with Gasteiger partial charge in [0.15, 0.2) is 0 Å². The van der Waals surface area contributed by atoms with Gasteiger partial charge in [0.2, 0.25) is 15.9 Å². The third-order valence-corrected chi connectivity index (χ3v) is 6.67. The summed E-state index contributed by atoms with van der Waals surface area (Å²) in [5, 5.41) is 5.24. The van der Waals surface area contributed by atoms with Crippen LogP contribution in [0.15, 0.2) is 24.3 Å². The summed E-state index contributed by atoms with van der Waals surface area (Å²) in [5.74, 6) is -0.00259. The number of nitrogens with zero attached hydrogens (tertiary/aromatic N) is 4. The summed E-state index contributed by atoms with van der Waals surface area (Å²) in [5.41, 5.74) is 3.53. The molecule has 0 atom stereocenters. The molecule has 0 spiro atoms. The van der Waals surface area contributed by atoms with E-state index < -0.39 is 10.0 Å². The van der Waals surface area contributed by atoms with E-state index in [9.17, 15) is 13.2 Å². The van der Waals surface area contributed by atoms with E-state index in [1.807, 2.05) is 42.8 Å². The number of carbonyl (C=O) groups excluding carboxylic acids is 1. The van der Waals surface area contributed by atoms with Crippen molar-refractivity contribution in [1.82, 2.24) is 19.0 Å². The third kappa shape index (κ3) is 4.56. The van der Waals surface area contributed by atoms with Crippen LogP contribution in [-0.2, 0) is 21.2 Å². The lowest BCUT2D eigenvalue weighted by Gasteiger charge is -2.21. The number of aromatic nitrogens is 2. The Kier molecular flexibility index (Phi) is 6.12. The average Bonchev–Trinajstić information content (AvgIpc) is 2.82. The second-order valence-electron chi connectivity index (χ2n) is 7.11. The second kappa shape index (κ2) is 8.23. The third-order valence-electron chi connectivity index (χ3n) is 5.12. The molecule has 1 amide bonds. The number of sulfonamides is 1. The van der Waals surface area contributed by atoms with Gasteiger partial charge in [0.05, 0.1) is 24.1 Å². The van der Waals surface area contributed by atoms with Crippen molar-refractivity contribution >= 4 is 27.5 Å². The molecule has 1 saturated heterocycles. The van der Waals surface area contributed by atoms with Crippen LogP contribution in [0.5, 0.6) is 0 Å². The van der Waals surface area contributed by atoms with Crippen molar-refractivity contribution in [2.24, 2.45) is 0 Å². The van der Waals surface area contributed by atoms with Crippen molar-refractivity contribution in [2.45, 2.75) is 26.7 Å². The predicted octanol–water partition coefficient (Wildman–Crippen LogP) is 2.18. The molecule has 0 bridgehead atoms. The van der Waals surface area contributed by atoms with Gasteiger partial charge in [0, 0.05) is 42.5 Å². The minimum absolute atomic E-state index is 0.00259. The summed E-state index contributed by atoms with van der Waals surface area (Å²) in [4.78, 5) is 14.6. The normalized spacial score (nSPS) is 16.2. The quantitative estimate of drug-likeness (QED) is 0.753. The number of rotatable bonds is 4. The molecule has 9 heteroatoms. The molecule has 3 rings (SSSR count). The summed E-state index contributed by atoms with van der Waals surface area (Å²) in [6.07, 6.45) is 2.10. The molecule has 1 aliphatic rings. The van der Waals surface area contributed by atoms with Gasteiger partial charge in [0.1, 0.15) is 0 Å².